The lowest BCUT2D eigenvalue weighted by atomic mass is 9.76. The van der Waals surface area contributed by atoms with E-state index in [4.69, 9.17) is 18.9 Å². The molecule has 10 heteroatoms. The summed E-state index contributed by atoms with van der Waals surface area (Å²) < 4.78 is 21.1. The maximum Gasteiger partial charge on any atom is 0.340 e. The third-order valence-electron chi connectivity index (χ3n) is 4.94. The highest BCUT2D eigenvalue weighted by molar-refractivity contribution is 5.91. The van der Waals surface area contributed by atoms with Gasteiger partial charge in [0, 0.05) is 6.42 Å². The first kappa shape index (κ1) is 19.2. The van der Waals surface area contributed by atoms with Gasteiger partial charge in [-0.1, -0.05) is 6.08 Å². The van der Waals surface area contributed by atoms with Gasteiger partial charge in [0.1, 0.15) is 35.6 Å². The average molecular weight is 374 g/mol. The Labute approximate surface area is 148 Å². The number of fused-ring (bicyclic) bond motifs is 1. The molecule has 3 rings (SSSR count). The molecule has 3 aliphatic heterocycles. The summed E-state index contributed by atoms with van der Waals surface area (Å²) in [7, 11) is 0. The van der Waals surface area contributed by atoms with Crippen LogP contribution in [0.4, 0.5) is 0 Å². The first-order valence-electron chi connectivity index (χ1n) is 8.17. The summed E-state index contributed by atoms with van der Waals surface area (Å²) >= 11 is 0. The lowest BCUT2D eigenvalue weighted by Gasteiger charge is -2.46. The van der Waals surface area contributed by atoms with Crippen molar-refractivity contribution in [3.8, 4) is 0 Å². The molecular weight excluding hydrogens is 352 g/mol. The van der Waals surface area contributed by atoms with Gasteiger partial charge in [0.2, 0.25) is 6.29 Å². The standard InChI is InChI=1S/C16H22O10/c1-2-7-14(24-6-8-13(21)23-4-3-16(7,8)22)26-15-12(20)11(19)10(18)9(5-17)25-15/h2,6-7,9-12,14-15,17-20,22H,1,3-5H2/t7-,9-,10-,11+,12-,14+,15+,16+/m0/s1. The molecule has 3 aliphatic rings. The third kappa shape index (κ3) is 3.03. The van der Waals surface area contributed by atoms with Crippen molar-refractivity contribution >= 4 is 5.97 Å². The molecule has 0 bridgehead atoms. The number of hydrogen-bond donors (Lipinski definition) is 5. The summed E-state index contributed by atoms with van der Waals surface area (Å²) in [5, 5.41) is 49.9. The highest BCUT2D eigenvalue weighted by Crippen LogP contribution is 2.42. The number of ether oxygens (including phenoxy) is 4. The van der Waals surface area contributed by atoms with Gasteiger partial charge in [-0.25, -0.2) is 4.79 Å². The summed E-state index contributed by atoms with van der Waals surface area (Å²) in [6.07, 6.45) is -6.10. The van der Waals surface area contributed by atoms with E-state index in [1.165, 1.54) is 6.08 Å². The van der Waals surface area contributed by atoms with Gasteiger partial charge in [-0.2, -0.15) is 0 Å². The van der Waals surface area contributed by atoms with Crippen LogP contribution in [0.5, 0.6) is 0 Å². The van der Waals surface area contributed by atoms with Gasteiger partial charge in [-0.15, -0.1) is 6.58 Å². The molecular formula is C16H22O10. The lowest BCUT2D eigenvalue weighted by Crippen LogP contribution is -2.61. The molecule has 0 amide bonds. The average Bonchev–Trinajstić information content (AvgIpc) is 2.61. The van der Waals surface area contributed by atoms with Gasteiger partial charge in [-0.3, -0.25) is 0 Å². The molecule has 0 aliphatic carbocycles. The fraction of sp³-hybridized carbons (Fsp3) is 0.688. The van der Waals surface area contributed by atoms with Crippen molar-refractivity contribution in [3.63, 3.8) is 0 Å². The minimum Gasteiger partial charge on any atom is -0.471 e. The normalized spacial score (nSPS) is 45.8. The van der Waals surface area contributed by atoms with Crippen LogP contribution in [0, 0.1) is 5.92 Å². The van der Waals surface area contributed by atoms with E-state index in [2.05, 4.69) is 6.58 Å². The third-order valence-corrected chi connectivity index (χ3v) is 4.94. The van der Waals surface area contributed by atoms with Crippen molar-refractivity contribution < 1.29 is 49.3 Å². The Bertz CT molecular complexity index is 590. The zero-order valence-corrected chi connectivity index (χ0v) is 13.8. The Morgan fingerprint density at radius 1 is 1.27 bits per heavy atom. The Hall–Kier alpha value is -1.53. The second kappa shape index (κ2) is 7.24. The highest BCUT2D eigenvalue weighted by Gasteiger charge is 2.54. The van der Waals surface area contributed by atoms with Crippen LogP contribution in [0.3, 0.4) is 0 Å². The Balaban J connectivity index is 1.81. The minimum atomic E-state index is -1.63. The highest BCUT2D eigenvalue weighted by atomic mass is 16.8. The molecule has 5 N–H and O–H groups in total. The van der Waals surface area contributed by atoms with Crippen LogP contribution >= 0.6 is 0 Å². The number of esters is 1. The maximum atomic E-state index is 11.8. The summed E-state index contributed by atoms with van der Waals surface area (Å²) in [5.74, 6) is -1.61. The van der Waals surface area contributed by atoms with Crippen LogP contribution in [-0.2, 0) is 23.7 Å². The van der Waals surface area contributed by atoms with Crippen LogP contribution in [0.25, 0.3) is 0 Å². The lowest BCUT2D eigenvalue weighted by molar-refractivity contribution is -0.344. The fourth-order valence-corrected chi connectivity index (χ4v) is 3.36. The van der Waals surface area contributed by atoms with Crippen LogP contribution in [0.2, 0.25) is 0 Å². The van der Waals surface area contributed by atoms with Crippen LogP contribution in [-0.4, -0.2) is 87.3 Å². The molecule has 2 fully saturated rings. The molecule has 0 unspecified atom stereocenters. The number of rotatable bonds is 4. The molecule has 0 aromatic rings. The summed E-state index contributed by atoms with van der Waals surface area (Å²) in [6, 6.07) is 0. The van der Waals surface area contributed by atoms with Crippen molar-refractivity contribution in [2.75, 3.05) is 13.2 Å². The Kier molecular flexibility index (Phi) is 5.35. The molecule has 2 saturated heterocycles. The molecule has 0 spiro atoms. The predicted octanol–water partition coefficient (Wildman–Crippen LogP) is -2.48. The van der Waals surface area contributed by atoms with E-state index in [0.29, 0.717) is 0 Å². The molecule has 10 nitrogen and oxygen atoms in total. The Morgan fingerprint density at radius 2 is 2.00 bits per heavy atom. The number of carbonyl (C=O) groups excluding carboxylic acids is 1. The molecule has 0 radical (unpaired) electrons. The van der Waals surface area contributed by atoms with Crippen LogP contribution < -0.4 is 0 Å². The van der Waals surface area contributed by atoms with E-state index in [1.807, 2.05) is 0 Å². The summed E-state index contributed by atoms with van der Waals surface area (Å²) in [4.78, 5) is 11.8. The first-order chi connectivity index (χ1) is 12.3. The van der Waals surface area contributed by atoms with Crippen molar-refractivity contribution in [2.45, 2.75) is 49.0 Å². The molecule has 146 valence electrons. The fourth-order valence-electron chi connectivity index (χ4n) is 3.36. The number of aliphatic hydroxyl groups excluding tert-OH is 4. The van der Waals surface area contributed by atoms with E-state index < -0.39 is 61.1 Å². The van der Waals surface area contributed by atoms with Crippen molar-refractivity contribution in [1.29, 1.82) is 0 Å². The molecule has 26 heavy (non-hydrogen) atoms. The van der Waals surface area contributed by atoms with Gasteiger partial charge in [0.15, 0.2) is 6.29 Å². The maximum absolute atomic E-state index is 11.8. The smallest absolute Gasteiger partial charge is 0.340 e. The first-order valence-corrected chi connectivity index (χ1v) is 8.17. The van der Waals surface area contributed by atoms with Crippen molar-refractivity contribution in [2.24, 2.45) is 5.92 Å². The van der Waals surface area contributed by atoms with E-state index in [1.54, 1.807) is 0 Å². The SMILES string of the molecule is C=C[C@H]1[C@@H](O[C@H]2O[C@@H](CO)[C@H](O)[C@@H](O)[C@@H]2O)OC=C2C(=O)OCC[C@]21O. The summed E-state index contributed by atoms with van der Waals surface area (Å²) in [6.45, 7) is 3.03. The van der Waals surface area contributed by atoms with Crippen molar-refractivity contribution in [3.05, 3.63) is 24.5 Å². The Morgan fingerprint density at radius 3 is 2.65 bits per heavy atom. The summed E-state index contributed by atoms with van der Waals surface area (Å²) in [5.41, 5.74) is -1.70. The molecule has 0 saturated carbocycles. The molecule has 0 aromatic heterocycles. The van der Waals surface area contributed by atoms with Gasteiger partial charge in [0.25, 0.3) is 0 Å². The molecule has 0 aromatic carbocycles. The number of hydrogen-bond acceptors (Lipinski definition) is 10. The predicted molar refractivity (Wildman–Crippen MR) is 82.0 cm³/mol. The second-order valence-corrected chi connectivity index (χ2v) is 6.44. The van der Waals surface area contributed by atoms with E-state index >= 15 is 0 Å². The van der Waals surface area contributed by atoms with E-state index in [0.717, 1.165) is 6.26 Å². The van der Waals surface area contributed by atoms with Crippen LogP contribution in [0.1, 0.15) is 6.42 Å². The quantitative estimate of drug-likeness (QED) is 0.264. The topological polar surface area (TPSA) is 155 Å². The number of cyclic esters (lactones) is 1. The van der Waals surface area contributed by atoms with E-state index in [-0.39, 0.29) is 18.6 Å². The van der Waals surface area contributed by atoms with Gasteiger partial charge in [-0.05, 0) is 0 Å². The molecule has 8 atom stereocenters. The minimum absolute atomic E-state index is 0.00375. The van der Waals surface area contributed by atoms with Gasteiger partial charge < -0.3 is 44.5 Å². The second-order valence-electron chi connectivity index (χ2n) is 6.44. The number of aliphatic hydroxyl groups is 5. The largest absolute Gasteiger partial charge is 0.471 e. The van der Waals surface area contributed by atoms with E-state index in [9.17, 15) is 30.3 Å². The molecule has 3 heterocycles. The van der Waals surface area contributed by atoms with Crippen molar-refractivity contribution in [1.82, 2.24) is 0 Å². The zero-order valence-electron chi connectivity index (χ0n) is 13.8. The zero-order chi connectivity index (χ0) is 19.1. The van der Waals surface area contributed by atoms with Crippen LogP contribution in [0.15, 0.2) is 24.5 Å². The number of carbonyl (C=O) groups is 1. The van der Waals surface area contributed by atoms with Gasteiger partial charge in [0.05, 0.1) is 25.4 Å². The monoisotopic (exact) mass is 374 g/mol. The van der Waals surface area contributed by atoms with Gasteiger partial charge >= 0.3 is 5.97 Å².